The molecule has 1 aliphatic rings. The van der Waals surface area contributed by atoms with Crippen molar-refractivity contribution in [3.63, 3.8) is 0 Å². The highest BCUT2D eigenvalue weighted by atomic mass is 16.7. The van der Waals surface area contributed by atoms with Crippen molar-refractivity contribution in [2.24, 2.45) is 0 Å². The van der Waals surface area contributed by atoms with Gasteiger partial charge in [0.1, 0.15) is 18.8 Å². The van der Waals surface area contributed by atoms with Crippen molar-refractivity contribution in [1.29, 1.82) is 5.26 Å². The maximum atomic E-state index is 11.6. The van der Waals surface area contributed by atoms with E-state index in [1.807, 2.05) is 6.07 Å². The SMILES string of the molecule is CC(=O)OC[C@H]1O[C@@H](CCC#N)[C@@H](OC(C)=O)[C@@H](OC(C)=O)[C@@H]1OC(C)=O. The van der Waals surface area contributed by atoms with Crippen LogP contribution in [0.3, 0.4) is 0 Å². The largest absolute Gasteiger partial charge is 0.463 e. The molecule has 27 heavy (non-hydrogen) atoms. The minimum atomic E-state index is -1.19. The lowest BCUT2D eigenvalue weighted by molar-refractivity contribution is -0.253. The molecule has 0 bridgehead atoms. The Hall–Kier alpha value is -2.67. The smallest absolute Gasteiger partial charge is 0.303 e. The van der Waals surface area contributed by atoms with Gasteiger partial charge in [0.15, 0.2) is 18.3 Å². The monoisotopic (exact) mass is 385 g/mol. The molecular weight excluding hydrogens is 362 g/mol. The topological polar surface area (TPSA) is 138 Å². The van der Waals surface area contributed by atoms with Crippen molar-refractivity contribution in [1.82, 2.24) is 0 Å². The fourth-order valence-corrected chi connectivity index (χ4v) is 2.76. The highest BCUT2D eigenvalue weighted by Crippen LogP contribution is 2.31. The molecule has 0 aromatic rings. The van der Waals surface area contributed by atoms with E-state index in [4.69, 9.17) is 28.9 Å². The second-order valence-electron chi connectivity index (χ2n) is 5.93. The summed E-state index contributed by atoms with van der Waals surface area (Å²) in [6.07, 6.45) is -5.02. The van der Waals surface area contributed by atoms with Crippen LogP contribution in [-0.4, -0.2) is 61.0 Å². The molecule has 10 nitrogen and oxygen atoms in total. The lowest BCUT2D eigenvalue weighted by Crippen LogP contribution is -2.62. The summed E-state index contributed by atoms with van der Waals surface area (Å²) in [7, 11) is 0. The van der Waals surface area contributed by atoms with Crippen LogP contribution in [-0.2, 0) is 42.9 Å². The summed E-state index contributed by atoms with van der Waals surface area (Å²) < 4.78 is 26.5. The molecule has 0 N–H and O–H groups in total. The number of ether oxygens (including phenoxy) is 5. The van der Waals surface area contributed by atoms with E-state index in [-0.39, 0.29) is 19.4 Å². The molecule has 0 saturated carbocycles. The first-order valence-corrected chi connectivity index (χ1v) is 8.33. The lowest BCUT2D eigenvalue weighted by atomic mass is 9.92. The van der Waals surface area contributed by atoms with Gasteiger partial charge in [0.2, 0.25) is 0 Å². The molecule has 0 aliphatic carbocycles. The van der Waals surface area contributed by atoms with E-state index in [1.54, 1.807) is 0 Å². The van der Waals surface area contributed by atoms with Crippen molar-refractivity contribution in [2.45, 2.75) is 71.1 Å². The maximum absolute atomic E-state index is 11.6. The first-order chi connectivity index (χ1) is 12.6. The Kier molecular flexibility index (Phi) is 8.68. The van der Waals surface area contributed by atoms with Crippen LogP contribution in [0.5, 0.6) is 0 Å². The number of esters is 4. The Morgan fingerprint density at radius 3 is 1.74 bits per heavy atom. The number of nitriles is 1. The van der Waals surface area contributed by atoms with Crippen LogP contribution in [0.15, 0.2) is 0 Å². The lowest BCUT2D eigenvalue weighted by Gasteiger charge is -2.44. The van der Waals surface area contributed by atoms with E-state index in [9.17, 15) is 19.2 Å². The highest BCUT2D eigenvalue weighted by molar-refractivity contribution is 5.68. The summed E-state index contributed by atoms with van der Waals surface area (Å²) in [5, 5.41) is 8.85. The number of hydrogen-bond donors (Lipinski definition) is 0. The van der Waals surface area contributed by atoms with Crippen molar-refractivity contribution in [3.8, 4) is 6.07 Å². The Bertz CT molecular complexity index is 612. The number of hydrogen-bond acceptors (Lipinski definition) is 10. The van der Waals surface area contributed by atoms with Crippen molar-refractivity contribution < 1.29 is 42.9 Å². The Morgan fingerprint density at radius 2 is 1.30 bits per heavy atom. The van der Waals surface area contributed by atoms with Gasteiger partial charge in [-0.3, -0.25) is 19.2 Å². The van der Waals surface area contributed by atoms with Gasteiger partial charge in [-0.1, -0.05) is 0 Å². The van der Waals surface area contributed by atoms with E-state index in [1.165, 1.54) is 6.92 Å². The van der Waals surface area contributed by atoms with Gasteiger partial charge in [-0.25, -0.2) is 0 Å². The molecule has 150 valence electrons. The predicted molar refractivity (Wildman–Crippen MR) is 86.8 cm³/mol. The highest BCUT2D eigenvalue weighted by Gasteiger charge is 2.51. The molecule has 1 fully saturated rings. The fourth-order valence-electron chi connectivity index (χ4n) is 2.76. The van der Waals surface area contributed by atoms with Gasteiger partial charge in [-0.05, 0) is 6.42 Å². The maximum Gasteiger partial charge on any atom is 0.303 e. The summed E-state index contributed by atoms with van der Waals surface area (Å²) in [4.78, 5) is 45.8. The Labute approximate surface area is 156 Å². The van der Waals surface area contributed by atoms with Crippen LogP contribution in [0.4, 0.5) is 0 Å². The minimum Gasteiger partial charge on any atom is -0.463 e. The normalized spacial score (nSPS) is 27.0. The molecule has 1 heterocycles. The van der Waals surface area contributed by atoms with Gasteiger partial charge in [0, 0.05) is 34.1 Å². The Morgan fingerprint density at radius 1 is 0.815 bits per heavy atom. The molecular formula is C17H23NO9. The molecule has 0 amide bonds. The number of carbonyl (C=O) groups excluding carboxylic acids is 4. The molecule has 0 spiro atoms. The van der Waals surface area contributed by atoms with Gasteiger partial charge in [-0.2, -0.15) is 5.26 Å². The average Bonchev–Trinajstić information content (AvgIpc) is 2.54. The zero-order chi connectivity index (χ0) is 20.6. The number of rotatable bonds is 7. The molecule has 1 rings (SSSR count). The summed E-state index contributed by atoms with van der Waals surface area (Å²) in [5.41, 5.74) is 0. The van der Waals surface area contributed by atoms with Crippen LogP contribution in [0.25, 0.3) is 0 Å². The van der Waals surface area contributed by atoms with Crippen LogP contribution >= 0.6 is 0 Å². The van der Waals surface area contributed by atoms with E-state index in [0.717, 1.165) is 20.8 Å². The standard InChI is InChI=1S/C17H23NO9/c1-9(19)23-8-14-16(25-11(3)21)17(26-12(4)22)15(24-10(2)20)13(27-14)6-5-7-18/h13-17H,5-6,8H2,1-4H3/t13-,14+,15+,16+,17+/m0/s1. The molecule has 0 unspecified atom stereocenters. The van der Waals surface area contributed by atoms with Crippen LogP contribution < -0.4 is 0 Å². The van der Waals surface area contributed by atoms with Crippen LogP contribution in [0.1, 0.15) is 40.5 Å². The Balaban J connectivity index is 3.25. The van der Waals surface area contributed by atoms with E-state index in [0.29, 0.717) is 0 Å². The second kappa shape index (κ2) is 10.5. The van der Waals surface area contributed by atoms with Crippen LogP contribution in [0, 0.1) is 11.3 Å². The van der Waals surface area contributed by atoms with Crippen LogP contribution in [0.2, 0.25) is 0 Å². The molecule has 1 saturated heterocycles. The molecule has 0 aromatic carbocycles. The summed E-state index contributed by atoms with van der Waals surface area (Å²) in [6, 6.07) is 1.95. The third-order valence-corrected chi connectivity index (χ3v) is 3.63. The molecule has 0 radical (unpaired) electrons. The van der Waals surface area contributed by atoms with Crippen molar-refractivity contribution >= 4 is 23.9 Å². The molecule has 10 heteroatoms. The quantitative estimate of drug-likeness (QED) is 0.447. The summed E-state index contributed by atoms with van der Waals surface area (Å²) in [6.45, 7) is 4.38. The van der Waals surface area contributed by atoms with E-state index >= 15 is 0 Å². The fraction of sp³-hybridized carbons (Fsp3) is 0.706. The summed E-state index contributed by atoms with van der Waals surface area (Å²) >= 11 is 0. The third kappa shape index (κ3) is 7.22. The molecule has 0 aromatic heterocycles. The summed E-state index contributed by atoms with van der Waals surface area (Å²) in [5.74, 6) is -2.63. The predicted octanol–water partition coefficient (Wildman–Crippen LogP) is 0.416. The molecule has 5 atom stereocenters. The van der Waals surface area contributed by atoms with Gasteiger partial charge in [0.05, 0.1) is 6.07 Å². The van der Waals surface area contributed by atoms with Gasteiger partial charge < -0.3 is 23.7 Å². The van der Waals surface area contributed by atoms with Gasteiger partial charge in [0.25, 0.3) is 0 Å². The third-order valence-electron chi connectivity index (χ3n) is 3.63. The van der Waals surface area contributed by atoms with Gasteiger partial charge >= 0.3 is 23.9 Å². The number of nitrogens with zero attached hydrogens (tertiary/aromatic N) is 1. The average molecular weight is 385 g/mol. The first kappa shape index (κ1) is 22.4. The van der Waals surface area contributed by atoms with Crippen molar-refractivity contribution in [3.05, 3.63) is 0 Å². The minimum absolute atomic E-state index is 0.0771. The van der Waals surface area contributed by atoms with E-state index in [2.05, 4.69) is 0 Å². The zero-order valence-electron chi connectivity index (χ0n) is 15.6. The second-order valence-corrected chi connectivity index (χ2v) is 5.93. The number of carbonyl (C=O) groups is 4. The van der Waals surface area contributed by atoms with Gasteiger partial charge in [-0.15, -0.1) is 0 Å². The van der Waals surface area contributed by atoms with E-state index < -0.39 is 54.4 Å². The molecule has 1 aliphatic heterocycles. The zero-order valence-corrected chi connectivity index (χ0v) is 15.6. The van der Waals surface area contributed by atoms with Crippen molar-refractivity contribution in [2.75, 3.05) is 6.61 Å². The first-order valence-electron chi connectivity index (χ1n) is 8.33.